The Hall–Kier alpha value is -1.19. The predicted molar refractivity (Wildman–Crippen MR) is 78.0 cm³/mol. The zero-order valence-corrected chi connectivity index (χ0v) is 12.5. The summed E-state index contributed by atoms with van der Waals surface area (Å²) in [4.78, 5) is 0. The molecule has 20 heavy (non-hydrogen) atoms. The fourth-order valence-corrected chi connectivity index (χ4v) is 2.24. The minimum absolute atomic E-state index is 0.265. The van der Waals surface area contributed by atoms with E-state index in [4.69, 9.17) is 0 Å². The number of nitrogens with one attached hydrogen (secondary N) is 1. The summed E-state index contributed by atoms with van der Waals surface area (Å²) in [6.07, 6.45) is 0.207. The third-order valence-electron chi connectivity index (χ3n) is 3.68. The molecule has 114 valence electrons. The van der Waals surface area contributed by atoms with Crippen molar-refractivity contribution in [2.45, 2.75) is 52.6 Å². The lowest BCUT2D eigenvalue weighted by Crippen LogP contribution is -2.15. The Balaban J connectivity index is 2.69. The van der Waals surface area contributed by atoms with Crippen LogP contribution < -0.4 is 5.32 Å². The van der Waals surface area contributed by atoms with Crippen molar-refractivity contribution in [2.75, 3.05) is 11.9 Å². The molecule has 0 radical (unpaired) electrons. The van der Waals surface area contributed by atoms with Gasteiger partial charge in [-0.3, -0.25) is 0 Å². The Labute approximate surface area is 119 Å². The van der Waals surface area contributed by atoms with Crippen LogP contribution >= 0.6 is 0 Å². The van der Waals surface area contributed by atoms with Gasteiger partial charge in [0, 0.05) is 12.2 Å². The van der Waals surface area contributed by atoms with Gasteiger partial charge in [-0.05, 0) is 37.0 Å². The van der Waals surface area contributed by atoms with Gasteiger partial charge in [0.05, 0.1) is 5.56 Å². The molecule has 4 heteroatoms. The maximum atomic E-state index is 12.8. The number of hydrogen-bond acceptors (Lipinski definition) is 1. The molecule has 1 atom stereocenters. The van der Waals surface area contributed by atoms with Crippen LogP contribution in [0.3, 0.4) is 0 Å². The molecule has 0 fully saturated rings. The van der Waals surface area contributed by atoms with Crippen LogP contribution in [0.2, 0.25) is 0 Å². The van der Waals surface area contributed by atoms with Crippen LogP contribution in [0, 0.1) is 12.8 Å². The van der Waals surface area contributed by atoms with Crippen LogP contribution in [-0.4, -0.2) is 6.54 Å². The molecule has 1 aromatic rings. The monoisotopic (exact) mass is 287 g/mol. The summed E-state index contributed by atoms with van der Waals surface area (Å²) in [5.41, 5.74) is 0.267. The zero-order chi connectivity index (χ0) is 15.2. The van der Waals surface area contributed by atoms with Crippen LogP contribution in [0.15, 0.2) is 18.2 Å². The van der Waals surface area contributed by atoms with E-state index in [0.29, 0.717) is 11.6 Å². The minimum atomic E-state index is -4.28. The average molecular weight is 287 g/mol. The largest absolute Gasteiger partial charge is 0.416 e. The standard InChI is InChI=1S/C16H24F3N/c1-4-6-7-13(5-2)11-20-14-9-8-12(3)15(10-14)16(17,18)19/h8-10,13,20H,4-7,11H2,1-3H3. The Morgan fingerprint density at radius 3 is 2.45 bits per heavy atom. The average Bonchev–Trinajstić information content (AvgIpc) is 2.39. The fourth-order valence-electron chi connectivity index (χ4n) is 2.24. The summed E-state index contributed by atoms with van der Waals surface area (Å²) in [7, 11) is 0. The summed E-state index contributed by atoms with van der Waals surface area (Å²) >= 11 is 0. The molecule has 0 aliphatic heterocycles. The summed E-state index contributed by atoms with van der Waals surface area (Å²) in [6.45, 7) is 6.49. The Morgan fingerprint density at radius 2 is 1.90 bits per heavy atom. The summed E-state index contributed by atoms with van der Waals surface area (Å²) in [5.74, 6) is 0.519. The van der Waals surface area contributed by atoms with Crippen molar-refractivity contribution in [1.82, 2.24) is 0 Å². The minimum Gasteiger partial charge on any atom is -0.385 e. The molecule has 1 aromatic carbocycles. The molecule has 1 N–H and O–H groups in total. The fraction of sp³-hybridized carbons (Fsp3) is 0.625. The van der Waals surface area contributed by atoms with E-state index in [-0.39, 0.29) is 5.56 Å². The maximum absolute atomic E-state index is 12.8. The third kappa shape index (κ3) is 5.06. The van der Waals surface area contributed by atoms with E-state index >= 15 is 0 Å². The Bertz CT molecular complexity index is 413. The van der Waals surface area contributed by atoms with Crippen molar-refractivity contribution in [3.63, 3.8) is 0 Å². The third-order valence-corrected chi connectivity index (χ3v) is 3.68. The molecule has 0 saturated carbocycles. The van der Waals surface area contributed by atoms with E-state index in [1.807, 2.05) is 0 Å². The molecule has 0 bridgehead atoms. The van der Waals surface area contributed by atoms with Crippen molar-refractivity contribution >= 4 is 5.69 Å². The molecular weight excluding hydrogens is 263 g/mol. The Kier molecular flexibility index (Phi) is 6.37. The first-order chi connectivity index (χ1) is 9.38. The summed E-state index contributed by atoms with van der Waals surface area (Å²) < 4.78 is 38.5. The molecule has 0 aliphatic carbocycles. The number of halogens is 3. The van der Waals surface area contributed by atoms with Crippen LogP contribution in [0.1, 0.15) is 50.7 Å². The van der Waals surface area contributed by atoms with E-state index in [1.54, 1.807) is 6.07 Å². The highest BCUT2D eigenvalue weighted by Gasteiger charge is 2.32. The van der Waals surface area contributed by atoms with Crippen LogP contribution in [0.25, 0.3) is 0 Å². The first-order valence-electron chi connectivity index (χ1n) is 7.30. The van der Waals surface area contributed by atoms with Gasteiger partial charge < -0.3 is 5.32 Å². The highest BCUT2D eigenvalue weighted by molar-refractivity contribution is 5.49. The highest BCUT2D eigenvalue weighted by atomic mass is 19.4. The number of aryl methyl sites for hydroxylation is 1. The van der Waals surface area contributed by atoms with Crippen molar-refractivity contribution in [1.29, 1.82) is 0 Å². The number of rotatable bonds is 7. The van der Waals surface area contributed by atoms with Crippen LogP contribution in [0.4, 0.5) is 18.9 Å². The second-order valence-corrected chi connectivity index (χ2v) is 5.32. The molecule has 0 aliphatic rings. The lowest BCUT2D eigenvalue weighted by atomic mass is 9.99. The smallest absolute Gasteiger partial charge is 0.385 e. The first kappa shape index (κ1) is 16.9. The van der Waals surface area contributed by atoms with E-state index in [1.165, 1.54) is 25.5 Å². The van der Waals surface area contributed by atoms with Gasteiger partial charge in [0.25, 0.3) is 0 Å². The Morgan fingerprint density at radius 1 is 1.20 bits per heavy atom. The van der Waals surface area contributed by atoms with Crippen LogP contribution in [0.5, 0.6) is 0 Å². The topological polar surface area (TPSA) is 12.0 Å². The molecule has 0 heterocycles. The van der Waals surface area contributed by atoms with Crippen molar-refractivity contribution < 1.29 is 13.2 Å². The number of alkyl halides is 3. The summed E-state index contributed by atoms with van der Waals surface area (Å²) in [5, 5.41) is 3.14. The van der Waals surface area contributed by atoms with Crippen molar-refractivity contribution in [3.8, 4) is 0 Å². The lowest BCUT2D eigenvalue weighted by molar-refractivity contribution is -0.138. The van der Waals surface area contributed by atoms with Gasteiger partial charge in [-0.25, -0.2) is 0 Å². The lowest BCUT2D eigenvalue weighted by Gasteiger charge is -2.18. The van der Waals surface area contributed by atoms with Gasteiger partial charge in [0.1, 0.15) is 0 Å². The quantitative estimate of drug-likeness (QED) is 0.684. The SMILES string of the molecule is CCCCC(CC)CNc1ccc(C)c(C(F)(F)F)c1. The first-order valence-corrected chi connectivity index (χ1v) is 7.30. The van der Waals surface area contributed by atoms with E-state index in [2.05, 4.69) is 19.2 Å². The van der Waals surface area contributed by atoms with Gasteiger partial charge in [0.2, 0.25) is 0 Å². The molecule has 1 nitrogen and oxygen atoms in total. The normalized spacial score (nSPS) is 13.3. The van der Waals surface area contributed by atoms with Crippen molar-refractivity contribution in [2.24, 2.45) is 5.92 Å². The molecule has 0 spiro atoms. The molecule has 1 unspecified atom stereocenters. The number of hydrogen-bond donors (Lipinski definition) is 1. The molecule has 1 rings (SSSR count). The van der Waals surface area contributed by atoms with Gasteiger partial charge in [-0.15, -0.1) is 0 Å². The number of anilines is 1. The molecule has 0 amide bonds. The van der Waals surface area contributed by atoms with Gasteiger partial charge in [-0.1, -0.05) is 39.2 Å². The maximum Gasteiger partial charge on any atom is 0.416 e. The predicted octanol–water partition coefficient (Wildman–Crippen LogP) is 5.64. The molecule has 0 aromatic heterocycles. The van der Waals surface area contributed by atoms with E-state index in [0.717, 1.165) is 25.8 Å². The zero-order valence-electron chi connectivity index (χ0n) is 12.5. The van der Waals surface area contributed by atoms with Crippen LogP contribution in [-0.2, 0) is 6.18 Å². The highest BCUT2D eigenvalue weighted by Crippen LogP contribution is 2.33. The number of unbranched alkanes of at least 4 members (excludes halogenated alkanes) is 1. The number of benzene rings is 1. The van der Waals surface area contributed by atoms with E-state index < -0.39 is 11.7 Å². The van der Waals surface area contributed by atoms with Crippen molar-refractivity contribution in [3.05, 3.63) is 29.3 Å². The molecular formula is C16H24F3N. The second kappa shape index (κ2) is 7.55. The van der Waals surface area contributed by atoms with E-state index in [9.17, 15) is 13.2 Å². The molecule has 0 saturated heterocycles. The second-order valence-electron chi connectivity index (χ2n) is 5.32. The van der Waals surface area contributed by atoms with Gasteiger partial charge >= 0.3 is 6.18 Å². The summed E-state index contributed by atoms with van der Waals surface area (Å²) in [6, 6.07) is 4.46. The van der Waals surface area contributed by atoms with Gasteiger partial charge in [-0.2, -0.15) is 13.2 Å². The van der Waals surface area contributed by atoms with Gasteiger partial charge in [0.15, 0.2) is 0 Å².